The van der Waals surface area contributed by atoms with Crippen molar-refractivity contribution in [1.29, 1.82) is 0 Å². The highest BCUT2D eigenvalue weighted by Crippen LogP contribution is 2.33. The van der Waals surface area contributed by atoms with Crippen LogP contribution in [0.4, 0.5) is 0 Å². The summed E-state index contributed by atoms with van der Waals surface area (Å²) in [5, 5.41) is 14.8. The predicted octanol–water partition coefficient (Wildman–Crippen LogP) is 3.83. The van der Waals surface area contributed by atoms with E-state index in [2.05, 4.69) is 11.9 Å². The van der Waals surface area contributed by atoms with Crippen LogP contribution >= 0.6 is 0 Å². The Morgan fingerprint density at radius 3 is 2.83 bits per heavy atom. The lowest BCUT2D eigenvalue weighted by molar-refractivity contribution is -0.431. The molecule has 1 aromatic rings. The topological polar surface area (TPSA) is 64.4 Å². The van der Waals surface area contributed by atoms with Gasteiger partial charge in [-0.2, -0.15) is 0 Å². The van der Waals surface area contributed by atoms with Crippen LogP contribution in [-0.4, -0.2) is 18.6 Å². The van der Waals surface area contributed by atoms with E-state index in [0.717, 1.165) is 30.5 Å². The van der Waals surface area contributed by atoms with Crippen LogP contribution in [0, 0.1) is 16.0 Å². The summed E-state index contributed by atoms with van der Waals surface area (Å²) in [6, 6.07) is 9.80. The first-order valence-electron chi connectivity index (χ1n) is 7.96. The molecule has 0 unspecified atom stereocenters. The van der Waals surface area contributed by atoms with E-state index in [1.54, 1.807) is 7.11 Å². The number of nitrogens with one attached hydrogen (secondary N) is 1. The van der Waals surface area contributed by atoms with Gasteiger partial charge in [-0.1, -0.05) is 36.4 Å². The molecule has 0 aromatic heterocycles. The number of nitrogens with zero attached hydrogens (tertiary/aromatic N) is 1. The van der Waals surface area contributed by atoms with Gasteiger partial charge in [-0.3, -0.25) is 10.1 Å². The Bertz CT molecular complexity index is 569. The SMILES string of the molecule is C=CC[C@@H]1CCCC([N+](=O)[O-])=C1N[C@H](COC)c1ccccc1. The van der Waals surface area contributed by atoms with Crippen molar-refractivity contribution in [2.75, 3.05) is 13.7 Å². The van der Waals surface area contributed by atoms with Gasteiger partial charge in [0, 0.05) is 19.4 Å². The summed E-state index contributed by atoms with van der Waals surface area (Å²) in [6.07, 6.45) is 4.88. The van der Waals surface area contributed by atoms with Crippen LogP contribution in [0.3, 0.4) is 0 Å². The van der Waals surface area contributed by atoms with Gasteiger partial charge in [-0.25, -0.2) is 0 Å². The average Bonchev–Trinajstić information content (AvgIpc) is 2.56. The van der Waals surface area contributed by atoms with E-state index in [4.69, 9.17) is 4.74 Å². The number of hydrogen-bond acceptors (Lipinski definition) is 4. The van der Waals surface area contributed by atoms with Crippen LogP contribution in [0.1, 0.15) is 37.3 Å². The number of benzene rings is 1. The Morgan fingerprint density at radius 1 is 1.48 bits per heavy atom. The molecule has 23 heavy (non-hydrogen) atoms. The second kappa shape index (κ2) is 8.48. The van der Waals surface area contributed by atoms with E-state index in [9.17, 15) is 10.1 Å². The third-order valence-electron chi connectivity index (χ3n) is 4.22. The van der Waals surface area contributed by atoms with E-state index >= 15 is 0 Å². The molecule has 1 N–H and O–H groups in total. The molecule has 0 bridgehead atoms. The molecule has 0 aliphatic heterocycles. The molecule has 0 radical (unpaired) electrons. The molecule has 0 saturated carbocycles. The van der Waals surface area contributed by atoms with Crippen LogP contribution in [0.15, 0.2) is 54.4 Å². The minimum absolute atomic E-state index is 0.100. The molecule has 5 nitrogen and oxygen atoms in total. The van der Waals surface area contributed by atoms with Gasteiger partial charge in [0.05, 0.1) is 23.3 Å². The standard InChI is InChI=1S/C18H24N2O3/c1-3-8-15-11-7-12-17(20(21)22)18(15)19-16(13-23-2)14-9-5-4-6-10-14/h3-6,9-10,15-16,19H,1,7-8,11-13H2,2H3/t15-,16-/m1/s1. The lowest BCUT2D eigenvalue weighted by Crippen LogP contribution is -2.32. The van der Waals surface area contributed by atoms with Crippen molar-refractivity contribution in [2.24, 2.45) is 5.92 Å². The van der Waals surface area contributed by atoms with E-state index in [-0.39, 0.29) is 16.9 Å². The van der Waals surface area contributed by atoms with Gasteiger partial charge in [-0.05, 0) is 24.8 Å². The fourth-order valence-corrected chi connectivity index (χ4v) is 3.12. The number of nitro groups is 1. The second-order valence-electron chi connectivity index (χ2n) is 5.79. The number of ether oxygens (including phenoxy) is 1. The van der Waals surface area contributed by atoms with Crippen molar-refractivity contribution in [1.82, 2.24) is 5.32 Å². The van der Waals surface area contributed by atoms with Crippen LogP contribution < -0.4 is 5.32 Å². The monoisotopic (exact) mass is 316 g/mol. The average molecular weight is 316 g/mol. The van der Waals surface area contributed by atoms with E-state index in [0.29, 0.717) is 18.7 Å². The lowest BCUT2D eigenvalue weighted by Gasteiger charge is -2.29. The Morgan fingerprint density at radius 2 is 2.22 bits per heavy atom. The summed E-state index contributed by atoms with van der Waals surface area (Å²) in [7, 11) is 1.64. The van der Waals surface area contributed by atoms with Crippen LogP contribution in [-0.2, 0) is 4.74 Å². The fourth-order valence-electron chi connectivity index (χ4n) is 3.12. The summed E-state index contributed by atoms with van der Waals surface area (Å²) >= 11 is 0. The van der Waals surface area contributed by atoms with E-state index in [1.165, 1.54) is 0 Å². The van der Waals surface area contributed by atoms with Crippen LogP contribution in [0.25, 0.3) is 0 Å². The third kappa shape index (κ3) is 4.42. The Balaban J connectivity index is 2.32. The maximum atomic E-state index is 11.4. The molecule has 0 fully saturated rings. The summed E-state index contributed by atoms with van der Waals surface area (Å²) in [4.78, 5) is 11.2. The molecule has 1 aliphatic carbocycles. The van der Waals surface area contributed by atoms with Gasteiger partial charge < -0.3 is 10.1 Å². The molecule has 0 saturated heterocycles. The van der Waals surface area contributed by atoms with Crippen molar-refractivity contribution >= 4 is 0 Å². The molecular weight excluding hydrogens is 292 g/mol. The maximum absolute atomic E-state index is 11.4. The molecule has 124 valence electrons. The zero-order chi connectivity index (χ0) is 16.7. The minimum Gasteiger partial charge on any atom is -0.382 e. The maximum Gasteiger partial charge on any atom is 0.265 e. The smallest absolute Gasteiger partial charge is 0.265 e. The normalized spacial score (nSPS) is 19.3. The number of methoxy groups -OCH3 is 1. The van der Waals surface area contributed by atoms with Crippen molar-refractivity contribution < 1.29 is 9.66 Å². The highest BCUT2D eigenvalue weighted by atomic mass is 16.6. The van der Waals surface area contributed by atoms with Gasteiger partial charge >= 0.3 is 0 Å². The Hall–Kier alpha value is -2.14. The molecule has 1 aliphatic rings. The summed E-state index contributed by atoms with van der Waals surface area (Å²) < 4.78 is 5.32. The molecule has 1 aromatic carbocycles. The van der Waals surface area contributed by atoms with Gasteiger partial charge in [0.1, 0.15) is 0 Å². The first-order chi connectivity index (χ1) is 11.2. The van der Waals surface area contributed by atoms with Crippen molar-refractivity contribution in [3.8, 4) is 0 Å². The largest absolute Gasteiger partial charge is 0.382 e. The fraction of sp³-hybridized carbons (Fsp3) is 0.444. The summed E-state index contributed by atoms with van der Waals surface area (Å²) in [6.45, 7) is 4.25. The third-order valence-corrected chi connectivity index (χ3v) is 4.22. The minimum atomic E-state index is -0.244. The van der Waals surface area contributed by atoms with Crippen molar-refractivity contribution in [3.63, 3.8) is 0 Å². The molecule has 2 rings (SSSR count). The lowest BCUT2D eigenvalue weighted by atomic mass is 9.87. The summed E-state index contributed by atoms with van der Waals surface area (Å²) in [5.74, 6) is 0.129. The Labute approximate surface area is 137 Å². The molecule has 2 atom stereocenters. The number of allylic oxidation sites excluding steroid dienone is 3. The molecule has 5 heteroatoms. The first-order valence-corrected chi connectivity index (χ1v) is 7.96. The van der Waals surface area contributed by atoms with Crippen LogP contribution in [0.2, 0.25) is 0 Å². The highest BCUT2D eigenvalue weighted by molar-refractivity contribution is 5.23. The zero-order valence-corrected chi connectivity index (χ0v) is 13.5. The first kappa shape index (κ1) is 17.2. The molecule has 0 amide bonds. The number of rotatable bonds is 8. The molecule has 0 heterocycles. The Kier molecular flexibility index (Phi) is 6.35. The molecule has 0 spiro atoms. The van der Waals surface area contributed by atoms with E-state index in [1.807, 2.05) is 36.4 Å². The zero-order valence-electron chi connectivity index (χ0n) is 13.5. The van der Waals surface area contributed by atoms with Gasteiger partial charge in [0.15, 0.2) is 0 Å². The van der Waals surface area contributed by atoms with Gasteiger partial charge in [-0.15, -0.1) is 6.58 Å². The van der Waals surface area contributed by atoms with E-state index < -0.39 is 0 Å². The highest BCUT2D eigenvalue weighted by Gasteiger charge is 2.31. The predicted molar refractivity (Wildman–Crippen MR) is 90.4 cm³/mol. The van der Waals surface area contributed by atoms with Gasteiger partial charge in [0.25, 0.3) is 5.70 Å². The summed E-state index contributed by atoms with van der Waals surface area (Å²) in [5.41, 5.74) is 2.11. The van der Waals surface area contributed by atoms with Gasteiger partial charge in [0.2, 0.25) is 0 Å². The van der Waals surface area contributed by atoms with Crippen molar-refractivity contribution in [2.45, 2.75) is 31.7 Å². The molecular formula is C18H24N2O3. The van der Waals surface area contributed by atoms with Crippen molar-refractivity contribution in [3.05, 3.63) is 70.1 Å². The van der Waals surface area contributed by atoms with Crippen LogP contribution in [0.5, 0.6) is 0 Å². The number of hydrogen-bond donors (Lipinski definition) is 1. The quantitative estimate of drug-likeness (QED) is 0.450. The second-order valence-corrected chi connectivity index (χ2v) is 5.79.